The minimum Gasteiger partial charge on any atom is -0.465 e. The number of fused-ring (bicyclic) bond motifs is 1. The van der Waals surface area contributed by atoms with Crippen LogP contribution in [0.3, 0.4) is 0 Å². The zero-order valence-corrected chi connectivity index (χ0v) is 9.44. The van der Waals surface area contributed by atoms with Gasteiger partial charge in [0.1, 0.15) is 5.82 Å². The van der Waals surface area contributed by atoms with Crippen molar-refractivity contribution in [1.29, 1.82) is 0 Å². The highest BCUT2D eigenvalue weighted by Crippen LogP contribution is 2.16. The van der Waals surface area contributed by atoms with E-state index in [1.807, 2.05) is 30.3 Å². The Morgan fingerprint density at radius 3 is 2.62 bits per heavy atom. The third-order valence-corrected chi connectivity index (χ3v) is 2.21. The second-order valence-corrected chi connectivity index (χ2v) is 3.20. The molecule has 0 spiro atoms. The number of para-hydroxylation sites is 1. The van der Waals surface area contributed by atoms with Crippen molar-refractivity contribution in [2.45, 2.75) is 0 Å². The Labute approximate surface area is 98.9 Å². The van der Waals surface area contributed by atoms with Crippen LogP contribution in [0.2, 0.25) is 0 Å². The lowest BCUT2D eigenvalue weighted by molar-refractivity contribution is 0.203. The van der Waals surface area contributed by atoms with Crippen LogP contribution in [0.1, 0.15) is 0 Å². The number of carbonyl (C=O) groups is 1. The summed E-state index contributed by atoms with van der Waals surface area (Å²) in [7, 11) is 1.47. The quantitative estimate of drug-likeness (QED) is 0.831. The lowest BCUT2D eigenvalue weighted by Crippen LogP contribution is -2.24. The summed E-state index contributed by atoms with van der Waals surface area (Å²) in [6.07, 6.45) is -1.02. The maximum Gasteiger partial charge on any atom is 0.412 e. The number of hydrogen-bond acceptors (Lipinski definition) is 2. The van der Waals surface area contributed by atoms with Gasteiger partial charge in [-0.1, -0.05) is 18.2 Å². The molecule has 0 aliphatic rings. The van der Waals surface area contributed by atoms with Crippen LogP contribution in [-0.2, 0) is 0 Å². The fourth-order valence-corrected chi connectivity index (χ4v) is 1.34. The van der Waals surface area contributed by atoms with Crippen LogP contribution in [0, 0.1) is 0 Å². The van der Waals surface area contributed by atoms with Crippen molar-refractivity contribution < 1.29 is 9.90 Å². The molecule has 1 heterocycles. The lowest BCUT2D eigenvalue weighted by Gasteiger charge is -2.11. The molecule has 0 aliphatic heterocycles. The van der Waals surface area contributed by atoms with E-state index in [0.29, 0.717) is 5.82 Å². The van der Waals surface area contributed by atoms with Crippen LogP contribution in [-0.4, -0.2) is 23.2 Å². The van der Waals surface area contributed by atoms with E-state index >= 15 is 0 Å². The largest absolute Gasteiger partial charge is 0.465 e. The average Bonchev–Trinajstić information content (AvgIpc) is 2.27. The second-order valence-electron chi connectivity index (χ2n) is 3.20. The van der Waals surface area contributed by atoms with Gasteiger partial charge in [0.25, 0.3) is 0 Å². The summed E-state index contributed by atoms with van der Waals surface area (Å²) in [5, 5.41) is 9.79. The predicted octanol–water partition coefficient (Wildman–Crippen LogP) is 2.77. The van der Waals surface area contributed by atoms with Crippen molar-refractivity contribution in [2.24, 2.45) is 0 Å². The first-order valence-corrected chi connectivity index (χ1v) is 4.51. The van der Waals surface area contributed by atoms with Gasteiger partial charge in [-0.25, -0.2) is 9.78 Å². The van der Waals surface area contributed by atoms with Gasteiger partial charge in [-0.3, -0.25) is 4.90 Å². The van der Waals surface area contributed by atoms with E-state index in [0.717, 1.165) is 15.8 Å². The Bertz CT molecular complexity index is 516. The first kappa shape index (κ1) is 12.3. The van der Waals surface area contributed by atoms with Gasteiger partial charge < -0.3 is 5.11 Å². The molecule has 1 N–H and O–H groups in total. The molecule has 0 saturated carbocycles. The fraction of sp³-hybridized carbons (Fsp3) is 0.0909. The molecule has 0 aliphatic carbocycles. The number of halogens is 1. The maximum absolute atomic E-state index is 10.7. The summed E-state index contributed by atoms with van der Waals surface area (Å²) in [5.74, 6) is 0.432. The Morgan fingerprint density at radius 2 is 1.94 bits per heavy atom. The van der Waals surface area contributed by atoms with Crippen LogP contribution >= 0.6 is 12.4 Å². The van der Waals surface area contributed by atoms with Gasteiger partial charge in [0.15, 0.2) is 0 Å². The van der Waals surface area contributed by atoms with E-state index in [4.69, 9.17) is 5.11 Å². The van der Waals surface area contributed by atoms with Crippen molar-refractivity contribution in [1.82, 2.24) is 4.98 Å². The van der Waals surface area contributed by atoms with Crippen molar-refractivity contribution in [3.63, 3.8) is 0 Å². The van der Waals surface area contributed by atoms with Crippen LogP contribution < -0.4 is 4.90 Å². The highest BCUT2D eigenvalue weighted by Gasteiger charge is 2.09. The van der Waals surface area contributed by atoms with Crippen molar-refractivity contribution in [3.05, 3.63) is 36.4 Å². The second kappa shape index (κ2) is 4.81. The topological polar surface area (TPSA) is 53.4 Å². The Balaban J connectivity index is 0.00000128. The van der Waals surface area contributed by atoms with E-state index in [-0.39, 0.29) is 12.4 Å². The zero-order valence-electron chi connectivity index (χ0n) is 8.62. The number of rotatable bonds is 1. The SMILES string of the molecule is CN(C(=O)O)c1ccc2ccccc2n1.Cl. The molecule has 1 amide bonds. The molecule has 5 heteroatoms. The number of hydrogen-bond donors (Lipinski definition) is 1. The van der Waals surface area contributed by atoms with Crippen molar-refractivity contribution >= 4 is 35.2 Å². The summed E-state index contributed by atoms with van der Waals surface area (Å²) in [5.41, 5.74) is 0.795. The summed E-state index contributed by atoms with van der Waals surface area (Å²) >= 11 is 0. The number of pyridine rings is 1. The normalized spacial score (nSPS) is 9.56. The number of carboxylic acid groups (broad SMARTS) is 1. The average molecular weight is 239 g/mol. The van der Waals surface area contributed by atoms with Gasteiger partial charge in [-0.05, 0) is 18.2 Å². The molecule has 0 radical (unpaired) electrons. The molecule has 0 atom stereocenters. The lowest BCUT2D eigenvalue weighted by atomic mass is 10.2. The molecule has 1 aromatic heterocycles. The Kier molecular flexibility index (Phi) is 3.68. The smallest absolute Gasteiger partial charge is 0.412 e. The maximum atomic E-state index is 10.7. The third-order valence-electron chi connectivity index (χ3n) is 2.21. The molecule has 1 aromatic carbocycles. The van der Waals surface area contributed by atoms with Gasteiger partial charge in [0.2, 0.25) is 0 Å². The monoisotopic (exact) mass is 238 g/mol. The number of amides is 1. The highest BCUT2D eigenvalue weighted by molar-refractivity contribution is 5.87. The molecule has 0 bridgehead atoms. The van der Waals surface area contributed by atoms with E-state index in [2.05, 4.69) is 4.98 Å². The summed E-state index contributed by atoms with van der Waals surface area (Å²) in [6.45, 7) is 0. The van der Waals surface area contributed by atoms with E-state index in [1.54, 1.807) is 6.07 Å². The molecule has 2 aromatic rings. The zero-order chi connectivity index (χ0) is 10.8. The molecule has 2 rings (SSSR count). The predicted molar refractivity (Wildman–Crippen MR) is 65.4 cm³/mol. The fourth-order valence-electron chi connectivity index (χ4n) is 1.34. The molecule has 84 valence electrons. The summed E-state index contributed by atoms with van der Waals surface area (Å²) in [4.78, 5) is 16.1. The van der Waals surface area contributed by atoms with E-state index < -0.39 is 6.09 Å². The van der Waals surface area contributed by atoms with Crippen molar-refractivity contribution in [3.8, 4) is 0 Å². The van der Waals surface area contributed by atoms with Crippen LogP contribution in [0.5, 0.6) is 0 Å². The first-order chi connectivity index (χ1) is 7.18. The van der Waals surface area contributed by atoms with Crippen LogP contribution in [0.15, 0.2) is 36.4 Å². The minimum atomic E-state index is -1.02. The van der Waals surface area contributed by atoms with Gasteiger partial charge in [-0.15, -0.1) is 12.4 Å². The van der Waals surface area contributed by atoms with E-state index in [1.165, 1.54) is 7.05 Å². The number of nitrogens with zero attached hydrogens (tertiary/aromatic N) is 2. The molecule has 4 nitrogen and oxygen atoms in total. The Hall–Kier alpha value is -1.81. The molecular formula is C11H11ClN2O2. The summed E-state index contributed by atoms with van der Waals surface area (Å²) < 4.78 is 0. The van der Waals surface area contributed by atoms with E-state index in [9.17, 15) is 4.79 Å². The first-order valence-electron chi connectivity index (χ1n) is 4.51. The standard InChI is InChI=1S/C11H10N2O2.ClH/c1-13(11(14)15)10-7-6-8-4-2-3-5-9(8)12-10;/h2-7H,1H3,(H,14,15);1H. The van der Waals surface area contributed by atoms with Gasteiger partial charge in [0.05, 0.1) is 5.52 Å². The Morgan fingerprint density at radius 1 is 1.25 bits per heavy atom. The van der Waals surface area contributed by atoms with Gasteiger partial charge in [0, 0.05) is 12.4 Å². The van der Waals surface area contributed by atoms with Crippen LogP contribution in [0.25, 0.3) is 10.9 Å². The van der Waals surface area contributed by atoms with Gasteiger partial charge >= 0.3 is 6.09 Å². The molecule has 0 saturated heterocycles. The van der Waals surface area contributed by atoms with Crippen LogP contribution in [0.4, 0.5) is 10.6 Å². The minimum absolute atomic E-state index is 0. The number of aromatic nitrogens is 1. The van der Waals surface area contributed by atoms with Gasteiger partial charge in [-0.2, -0.15) is 0 Å². The third kappa shape index (κ3) is 2.23. The van der Waals surface area contributed by atoms with Crippen molar-refractivity contribution in [2.75, 3.05) is 11.9 Å². The summed E-state index contributed by atoms with van der Waals surface area (Å²) in [6, 6.07) is 11.1. The number of anilines is 1. The molecule has 0 fully saturated rings. The molecular weight excluding hydrogens is 228 g/mol. The molecule has 0 unspecified atom stereocenters. The number of benzene rings is 1. The molecule has 16 heavy (non-hydrogen) atoms. The highest BCUT2D eigenvalue weighted by atomic mass is 35.5.